The number of nitrogens with zero attached hydrogens (tertiary/aromatic N) is 1. The van der Waals surface area contributed by atoms with Crippen LogP contribution in [0.2, 0.25) is 0 Å². The minimum absolute atomic E-state index is 0.197. The summed E-state index contributed by atoms with van der Waals surface area (Å²) >= 11 is 0. The molecule has 98 valence electrons. The number of hydrogen-bond donors (Lipinski definition) is 2. The lowest BCUT2D eigenvalue weighted by Crippen LogP contribution is -2.25. The number of aromatic amines is 1. The van der Waals surface area contributed by atoms with E-state index < -0.39 is 0 Å². The van der Waals surface area contributed by atoms with Gasteiger partial charge in [0, 0.05) is 6.20 Å². The highest BCUT2D eigenvalue weighted by molar-refractivity contribution is 5.97. The highest BCUT2D eigenvalue weighted by Crippen LogP contribution is 2.33. The third-order valence-corrected chi connectivity index (χ3v) is 2.81. The lowest BCUT2D eigenvalue weighted by molar-refractivity contribution is 0.0939. The van der Waals surface area contributed by atoms with Crippen molar-refractivity contribution in [2.75, 3.05) is 13.2 Å². The minimum atomic E-state index is -0.197. The first-order valence-corrected chi connectivity index (χ1v) is 5.99. The number of carbonyl (C=O) groups is 1. The maximum absolute atomic E-state index is 12.1. The average molecular weight is 259 g/mol. The van der Waals surface area contributed by atoms with Gasteiger partial charge in [-0.3, -0.25) is 9.89 Å². The van der Waals surface area contributed by atoms with E-state index >= 15 is 0 Å². The summed E-state index contributed by atoms with van der Waals surface area (Å²) < 4.78 is 11.0. The van der Waals surface area contributed by atoms with Gasteiger partial charge in [-0.25, -0.2) is 0 Å². The molecule has 6 nitrogen and oxygen atoms in total. The normalized spacial score (nSPS) is 13.1. The van der Waals surface area contributed by atoms with Gasteiger partial charge in [0.05, 0.1) is 17.8 Å². The number of H-pyrrole nitrogens is 1. The molecular weight excluding hydrogens is 246 g/mol. The van der Waals surface area contributed by atoms with E-state index in [9.17, 15) is 4.79 Å². The molecule has 0 radical (unpaired) electrons. The summed E-state index contributed by atoms with van der Waals surface area (Å²) in [4.78, 5) is 12.1. The Morgan fingerprint density at radius 1 is 1.32 bits per heavy atom. The van der Waals surface area contributed by atoms with Crippen molar-refractivity contribution < 1.29 is 14.3 Å². The van der Waals surface area contributed by atoms with Crippen molar-refractivity contribution in [2.24, 2.45) is 0 Å². The molecule has 1 aliphatic rings. The zero-order valence-electron chi connectivity index (χ0n) is 10.2. The average Bonchev–Trinajstić information content (AvgIpc) is 2.97. The van der Waals surface area contributed by atoms with E-state index in [-0.39, 0.29) is 5.91 Å². The largest absolute Gasteiger partial charge is 0.486 e. The quantitative estimate of drug-likeness (QED) is 0.865. The molecule has 0 saturated heterocycles. The zero-order chi connectivity index (χ0) is 13.1. The summed E-state index contributed by atoms with van der Waals surface area (Å²) in [5, 5.41) is 9.41. The van der Waals surface area contributed by atoms with Gasteiger partial charge in [0.2, 0.25) is 0 Å². The molecule has 1 aromatic carbocycles. The monoisotopic (exact) mass is 259 g/mol. The molecular formula is C13H13N3O3. The Morgan fingerprint density at radius 3 is 3.05 bits per heavy atom. The predicted octanol–water partition coefficient (Wildman–Crippen LogP) is 1.11. The second kappa shape index (κ2) is 5.01. The van der Waals surface area contributed by atoms with Crippen LogP contribution in [0.5, 0.6) is 11.5 Å². The van der Waals surface area contributed by atoms with E-state index in [1.807, 2.05) is 0 Å². The highest BCUT2D eigenvalue weighted by Gasteiger charge is 2.20. The second-order valence-corrected chi connectivity index (χ2v) is 4.09. The molecule has 0 fully saturated rings. The summed E-state index contributed by atoms with van der Waals surface area (Å²) in [6.07, 6.45) is 1.64. The lowest BCUT2D eigenvalue weighted by atomic mass is 10.1. The Balaban J connectivity index is 1.76. The third-order valence-electron chi connectivity index (χ3n) is 2.81. The number of aromatic nitrogens is 2. The van der Waals surface area contributed by atoms with Crippen LogP contribution in [0.4, 0.5) is 0 Å². The Kier molecular flexibility index (Phi) is 3.06. The maximum atomic E-state index is 12.1. The fraction of sp³-hybridized carbons (Fsp3) is 0.231. The van der Waals surface area contributed by atoms with Gasteiger partial charge >= 0.3 is 0 Å². The van der Waals surface area contributed by atoms with Crippen LogP contribution in [0, 0.1) is 0 Å². The molecule has 1 aromatic heterocycles. The topological polar surface area (TPSA) is 76.2 Å². The Morgan fingerprint density at radius 2 is 2.21 bits per heavy atom. The van der Waals surface area contributed by atoms with Gasteiger partial charge in [0.1, 0.15) is 13.2 Å². The van der Waals surface area contributed by atoms with Crippen LogP contribution in [0.1, 0.15) is 16.1 Å². The molecule has 0 spiro atoms. The van der Waals surface area contributed by atoms with E-state index in [4.69, 9.17) is 9.47 Å². The molecule has 1 aliphatic heterocycles. The van der Waals surface area contributed by atoms with Gasteiger partial charge in [-0.1, -0.05) is 6.07 Å². The molecule has 0 unspecified atom stereocenters. The number of ether oxygens (including phenoxy) is 2. The highest BCUT2D eigenvalue weighted by atomic mass is 16.6. The molecule has 0 bridgehead atoms. The van der Waals surface area contributed by atoms with Crippen LogP contribution in [0.15, 0.2) is 30.5 Å². The van der Waals surface area contributed by atoms with Gasteiger partial charge in [-0.15, -0.1) is 0 Å². The standard InChI is InChI=1S/C13H13N3O3/c17-13(14-8-9-4-5-15-16-9)10-2-1-3-11-12(10)19-7-6-18-11/h1-5H,6-8H2,(H,14,17)(H,15,16). The van der Waals surface area contributed by atoms with E-state index in [1.54, 1.807) is 30.5 Å². The molecule has 6 heteroatoms. The van der Waals surface area contributed by atoms with E-state index in [1.165, 1.54) is 0 Å². The number of para-hydroxylation sites is 1. The Bertz CT molecular complexity index is 581. The molecule has 0 atom stereocenters. The summed E-state index contributed by atoms with van der Waals surface area (Å²) in [5.41, 5.74) is 1.33. The zero-order valence-corrected chi connectivity index (χ0v) is 10.2. The number of benzene rings is 1. The molecule has 0 aliphatic carbocycles. The van der Waals surface area contributed by atoms with Crippen molar-refractivity contribution in [2.45, 2.75) is 6.54 Å². The predicted molar refractivity (Wildman–Crippen MR) is 67.2 cm³/mol. The number of nitrogens with one attached hydrogen (secondary N) is 2. The number of rotatable bonds is 3. The van der Waals surface area contributed by atoms with Gasteiger partial charge < -0.3 is 14.8 Å². The van der Waals surface area contributed by atoms with Crippen LogP contribution in [0.25, 0.3) is 0 Å². The summed E-state index contributed by atoms with van der Waals surface area (Å²) in [6, 6.07) is 7.09. The number of amides is 1. The van der Waals surface area contributed by atoms with Crippen LogP contribution in [-0.2, 0) is 6.54 Å². The first-order valence-electron chi connectivity index (χ1n) is 5.99. The second-order valence-electron chi connectivity index (χ2n) is 4.09. The van der Waals surface area contributed by atoms with Crippen LogP contribution in [-0.4, -0.2) is 29.3 Å². The molecule has 1 amide bonds. The van der Waals surface area contributed by atoms with Crippen molar-refractivity contribution in [1.29, 1.82) is 0 Å². The fourth-order valence-electron chi connectivity index (χ4n) is 1.91. The van der Waals surface area contributed by atoms with Crippen molar-refractivity contribution >= 4 is 5.91 Å². The van der Waals surface area contributed by atoms with Crippen molar-refractivity contribution in [3.8, 4) is 11.5 Å². The summed E-state index contributed by atoms with van der Waals surface area (Å²) in [5.74, 6) is 0.924. The molecule has 2 aromatic rings. The number of carbonyl (C=O) groups excluding carboxylic acids is 1. The van der Waals surface area contributed by atoms with Gasteiger partial charge in [-0.05, 0) is 18.2 Å². The van der Waals surface area contributed by atoms with E-state index in [0.29, 0.717) is 36.8 Å². The van der Waals surface area contributed by atoms with Crippen LogP contribution < -0.4 is 14.8 Å². The van der Waals surface area contributed by atoms with Crippen LogP contribution in [0.3, 0.4) is 0 Å². The maximum Gasteiger partial charge on any atom is 0.255 e. The van der Waals surface area contributed by atoms with E-state index in [0.717, 1.165) is 5.69 Å². The smallest absolute Gasteiger partial charge is 0.255 e. The van der Waals surface area contributed by atoms with Crippen molar-refractivity contribution in [1.82, 2.24) is 15.5 Å². The SMILES string of the molecule is O=C(NCc1ccn[nH]1)c1cccc2c1OCCO2. The summed E-state index contributed by atoms with van der Waals surface area (Å²) in [6.45, 7) is 1.35. The molecule has 2 N–H and O–H groups in total. The van der Waals surface area contributed by atoms with Crippen LogP contribution >= 0.6 is 0 Å². The molecule has 3 rings (SSSR count). The fourth-order valence-corrected chi connectivity index (χ4v) is 1.91. The van der Waals surface area contributed by atoms with Gasteiger partial charge in [-0.2, -0.15) is 5.10 Å². The molecule has 0 saturated carbocycles. The number of hydrogen-bond acceptors (Lipinski definition) is 4. The van der Waals surface area contributed by atoms with Gasteiger partial charge in [0.25, 0.3) is 5.91 Å². The minimum Gasteiger partial charge on any atom is -0.486 e. The lowest BCUT2D eigenvalue weighted by Gasteiger charge is -2.20. The van der Waals surface area contributed by atoms with Gasteiger partial charge in [0.15, 0.2) is 11.5 Å². The van der Waals surface area contributed by atoms with Crippen molar-refractivity contribution in [3.63, 3.8) is 0 Å². The molecule has 2 heterocycles. The summed E-state index contributed by atoms with van der Waals surface area (Å²) in [7, 11) is 0. The Hall–Kier alpha value is -2.50. The molecule has 19 heavy (non-hydrogen) atoms. The van der Waals surface area contributed by atoms with Crippen molar-refractivity contribution in [3.05, 3.63) is 41.7 Å². The first kappa shape index (κ1) is 11.6. The number of fused-ring (bicyclic) bond motifs is 1. The Labute approximate surface area is 109 Å². The third kappa shape index (κ3) is 2.37. The van der Waals surface area contributed by atoms with E-state index in [2.05, 4.69) is 15.5 Å². The first-order chi connectivity index (χ1) is 9.34.